The molecule has 78 valence electrons. The van der Waals surface area contributed by atoms with Gasteiger partial charge in [-0.25, -0.2) is 0 Å². The van der Waals surface area contributed by atoms with Crippen LogP contribution >= 0.6 is 0 Å². The van der Waals surface area contributed by atoms with Gasteiger partial charge in [0.2, 0.25) is 0 Å². The third-order valence-corrected chi connectivity index (χ3v) is 3.04. The average Bonchev–Trinajstić information content (AvgIpc) is 2.85. The van der Waals surface area contributed by atoms with Gasteiger partial charge >= 0.3 is 5.97 Å². The van der Waals surface area contributed by atoms with E-state index in [2.05, 4.69) is 6.07 Å². The van der Waals surface area contributed by atoms with Gasteiger partial charge in [-0.05, 0) is 31.4 Å². The SMILES string of the molecule is N#Cc1cccn1C1CCC(C(=O)O)C1. The molecule has 0 aromatic carbocycles. The number of aromatic nitrogens is 1. The molecule has 2 atom stereocenters. The molecule has 0 aliphatic heterocycles. The smallest absolute Gasteiger partial charge is 0.306 e. The van der Waals surface area contributed by atoms with E-state index >= 15 is 0 Å². The molecule has 1 aliphatic carbocycles. The Kier molecular flexibility index (Phi) is 2.46. The van der Waals surface area contributed by atoms with Gasteiger partial charge in [0, 0.05) is 12.2 Å². The minimum atomic E-state index is -0.719. The van der Waals surface area contributed by atoms with Gasteiger partial charge in [-0.3, -0.25) is 4.79 Å². The lowest BCUT2D eigenvalue weighted by Gasteiger charge is -2.12. The summed E-state index contributed by atoms with van der Waals surface area (Å²) >= 11 is 0. The second-order valence-electron chi connectivity index (χ2n) is 3.91. The quantitative estimate of drug-likeness (QED) is 0.798. The first-order valence-electron chi connectivity index (χ1n) is 5.02. The van der Waals surface area contributed by atoms with E-state index in [-0.39, 0.29) is 12.0 Å². The van der Waals surface area contributed by atoms with Gasteiger partial charge in [0.25, 0.3) is 0 Å². The summed E-state index contributed by atoms with van der Waals surface area (Å²) in [6.45, 7) is 0. The van der Waals surface area contributed by atoms with Gasteiger partial charge < -0.3 is 9.67 Å². The standard InChI is InChI=1S/C11H12N2O2/c12-7-10-2-1-5-13(10)9-4-3-8(6-9)11(14)15/h1-2,5,8-9H,3-4,6H2,(H,14,15). The Morgan fingerprint density at radius 2 is 2.40 bits per heavy atom. The van der Waals surface area contributed by atoms with Crippen molar-refractivity contribution in [2.24, 2.45) is 5.92 Å². The van der Waals surface area contributed by atoms with Crippen LogP contribution in [0.1, 0.15) is 31.0 Å². The fourth-order valence-corrected chi connectivity index (χ4v) is 2.24. The van der Waals surface area contributed by atoms with Gasteiger partial charge in [0.1, 0.15) is 11.8 Å². The molecule has 15 heavy (non-hydrogen) atoms. The van der Waals surface area contributed by atoms with E-state index in [9.17, 15) is 4.79 Å². The Morgan fingerprint density at radius 3 is 3.00 bits per heavy atom. The highest BCUT2D eigenvalue weighted by atomic mass is 16.4. The van der Waals surface area contributed by atoms with Gasteiger partial charge in [-0.1, -0.05) is 0 Å². The zero-order valence-electron chi connectivity index (χ0n) is 8.26. The van der Waals surface area contributed by atoms with E-state index in [4.69, 9.17) is 10.4 Å². The zero-order chi connectivity index (χ0) is 10.8. The Labute approximate surface area is 87.7 Å². The highest BCUT2D eigenvalue weighted by molar-refractivity contribution is 5.70. The molecule has 1 aliphatic rings. The van der Waals surface area contributed by atoms with Crippen LogP contribution < -0.4 is 0 Å². The van der Waals surface area contributed by atoms with Gasteiger partial charge in [0.05, 0.1) is 5.92 Å². The maximum Gasteiger partial charge on any atom is 0.306 e. The molecular weight excluding hydrogens is 192 g/mol. The number of carboxylic acid groups (broad SMARTS) is 1. The van der Waals surface area contributed by atoms with Crippen LogP contribution in [0.15, 0.2) is 18.3 Å². The molecule has 1 N–H and O–H groups in total. The largest absolute Gasteiger partial charge is 0.481 e. The van der Waals surface area contributed by atoms with E-state index in [1.807, 2.05) is 16.8 Å². The zero-order valence-corrected chi connectivity index (χ0v) is 8.26. The van der Waals surface area contributed by atoms with Gasteiger partial charge in [-0.2, -0.15) is 5.26 Å². The Hall–Kier alpha value is -1.76. The van der Waals surface area contributed by atoms with Crippen LogP contribution in [0.3, 0.4) is 0 Å². The molecule has 1 aromatic rings. The van der Waals surface area contributed by atoms with E-state index in [0.717, 1.165) is 6.42 Å². The summed E-state index contributed by atoms with van der Waals surface area (Å²) < 4.78 is 1.89. The van der Waals surface area contributed by atoms with Crippen LogP contribution in [0, 0.1) is 17.2 Å². The Balaban J connectivity index is 2.15. The number of carboxylic acids is 1. The topological polar surface area (TPSA) is 66.0 Å². The van der Waals surface area contributed by atoms with Crippen molar-refractivity contribution in [1.82, 2.24) is 4.57 Å². The number of nitrogens with zero attached hydrogens (tertiary/aromatic N) is 2. The fraction of sp³-hybridized carbons (Fsp3) is 0.455. The maximum absolute atomic E-state index is 10.8. The van der Waals surface area contributed by atoms with Gasteiger partial charge in [-0.15, -0.1) is 0 Å². The molecule has 2 rings (SSSR count). The molecule has 1 heterocycles. The Morgan fingerprint density at radius 1 is 1.60 bits per heavy atom. The molecule has 0 bridgehead atoms. The molecule has 0 amide bonds. The molecule has 1 aromatic heterocycles. The van der Waals surface area contributed by atoms with E-state index in [0.29, 0.717) is 18.5 Å². The summed E-state index contributed by atoms with van der Waals surface area (Å²) in [6, 6.07) is 5.87. The average molecular weight is 204 g/mol. The van der Waals surface area contributed by atoms with Crippen molar-refractivity contribution in [1.29, 1.82) is 5.26 Å². The molecule has 4 nitrogen and oxygen atoms in total. The second-order valence-corrected chi connectivity index (χ2v) is 3.91. The molecule has 4 heteroatoms. The summed E-state index contributed by atoms with van der Waals surface area (Å²) in [7, 11) is 0. The monoisotopic (exact) mass is 204 g/mol. The van der Waals surface area contributed by atoms with E-state index < -0.39 is 5.97 Å². The lowest BCUT2D eigenvalue weighted by Crippen LogP contribution is -2.11. The highest BCUT2D eigenvalue weighted by Gasteiger charge is 2.31. The van der Waals surface area contributed by atoms with Crippen molar-refractivity contribution in [3.05, 3.63) is 24.0 Å². The first kappa shape index (κ1) is 9.78. The molecule has 0 radical (unpaired) electrons. The van der Waals surface area contributed by atoms with Gasteiger partial charge in [0.15, 0.2) is 0 Å². The van der Waals surface area contributed by atoms with Crippen molar-refractivity contribution < 1.29 is 9.90 Å². The third kappa shape index (κ3) is 1.73. The Bertz CT molecular complexity index is 416. The summed E-state index contributed by atoms with van der Waals surface area (Å²) in [5.41, 5.74) is 0.617. The van der Waals surface area contributed by atoms with Crippen LogP contribution in [0.5, 0.6) is 0 Å². The minimum Gasteiger partial charge on any atom is -0.481 e. The van der Waals surface area contributed by atoms with Crippen LogP contribution in [-0.2, 0) is 4.79 Å². The molecule has 1 fully saturated rings. The number of hydrogen-bond donors (Lipinski definition) is 1. The number of aliphatic carboxylic acids is 1. The van der Waals surface area contributed by atoms with Crippen LogP contribution in [0.2, 0.25) is 0 Å². The van der Waals surface area contributed by atoms with Crippen LogP contribution in [0.25, 0.3) is 0 Å². The predicted molar refractivity (Wildman–Crippen MR) is 53.2 cm³/mol. The highest BCUT2D eigenvalue weighted by Crippen LogP contribution is 2.35. The van der Waals surface area contributed by atoms with Crippen LogP contribution in [-0.4, -0.2) is 15.6 Å². The van der Waals surface area contributed by atoms with Crippen molar-refractivity contribution in [3.8, 4) is 6.07 Å². The molecule has 2 unspecified atom stereocenters. The maximum atomic E-state index is 10.8. The van der Waals surface area contributed by atoms with Crippen LogP contribution in [0.4, 0.5) is 0 Å². The summed E-state index contributed by atoms with van der Waals surface area (Å²) in [4.78, 5) is 10.8. The van der Waals surface area contributed by atoms with E-state index in [1.54, 1.807) is 6.07 Å². The molecule has 1 saturated carbocycles. The molecule has 0 saturated heterocycles. The number of rotatable bonds is 2. The lowest BCUT2D eigenvalue weighted by atomic mass is 10.1. The number of carbonyl (C=O) groups is 1. The first-order valence-corrected chi connectivity index (χ1v) is 5.02. The van der Waals surface area contributed by atoms with E-state index in [1.165, 1.54) is 0 Å². The molecular formula is C11H12N2O2. The summed E-state index contributed by atoms with van der Waals surface area (Å²) in [5, 5.41) is 17.7. The van der Waals surface area contributed by atoms with Crippen molar-refractivity contribution in [2.75, 3.05) is 0 Å². The second kappa shape index (κ2) is 3.77. The lowest BCUT2D eigenvalue weighted by molar-refractivity contribution is -0.141. The first-order chi connectivity index (χ1) is 7.22. The van der Waals surface area contributed by atoms with Crippen molar-refractivity contribution >= 4 is 5.97 Å². The molecule has 0 spiro atoms. The normalized spacial score (nSPS) is 25.0. The number of nitriles is 1. The minimum absolute atomic E-state index is 0.177. The number of hydrogen-bond acceptors (Lipinski definition) is 2. The van der Waals surface area contributed by atoms with Crippen molar-refractivity contribution in [2.45, 2.75) is 25.3 Å². The predicted octanol–water partition coefficient (Wildman–Crippen LogP) is 1.79. The summed E-state index contributed by atoms with van der Waals surface area (Å²) in [6.07, 6.45) is 4.05. The fourth-order valence-electron chi connectivity index (χ4n) is 2.24. The summed E-state index contributed by atoms with van der Waals surface area (Å²) in [5.74, 6) is -0.966. The third-order valence-electron chi connectivity index (χ3n) is 3.04. The van der Waals surface area contributed by atoms with Crippen molar-refractivity contribution in [3.63, 3.8) is 0 Å².